The van der Waals surface area contributed by atoms with Gasteiger partial charge in [-0.3, -0.25) is 9.59 Å². The van der Waals surface area contributed by atoms with E-state index in [0.29, 0.717) is 36.0 Å². The van der Waals surface area contributed by atoms with Crippen molar-refractivity contribution in [2.75, 3.05) is 31.1 Å². The minimum absolute atomic E-state index is 0.00335. The van der Waals surface area contributed by atoms with Gasteiger partial charge in [0.1, 0.15) is 6.04 Å². The lowest BCUT2D eigenvalue weighted by atomic mass is 10.0. The number of halogens is 1. The Kier molecular flexibility index (Phi) is 7.38. The molecule has 0 aromatic heterocycles. The van der Waals surface area contributed by atoms with Gasteiger partial charge in [0.25, 0.3) is 5.91 Å². The van der Waals surface area contributed by atoms with Crippen molar-refractivity contribution >= 4 is 29.1 Å². The van der Waals surface area contributed by atoms with E-state index >= 15 is 0 Å². The number of nitrogens with zero attached hydrogens (tertiary/aromatic N) is 2. The van der Waals surface area contributed by atoms with E-state index in [1.165, 1.54) is 0 Å². The van der Waals surface area contributed by atoms with Crippen molar-refractivity contribution in [3.63, 3.8) is 0 Å². The van der Waals surface area contributed by atoms with E-state index in [4.69, 9.17) is 11.6 Å². The predicted octanol–water partition coefficient (Wildman–Crippen LogP) is 4.14. The summed E-state index contributed by atoms with van der Waals surface area (Å²) in [5.74, 6) is 0.102. The van der Waals surface area contributed by atoms with Gasteiger partial charge in [0, 0.05) is 42.5 Å². The molecule has 2 amide bonds. The Morgan fingerprint density at radius 2 is 1.73 bits per heavy atom. The molecule has 5 nitrogen and oxygen atoms in total. The zero-order valence-electron chi connectivity index (χ0n) is 17.9. The molecule has 6 heteroatoms. The molecule has 1 unspecified atom stereocenters. The third-order valence-electron chi connectivity index (χ3n) is 5.46. The quantitative estimate of drug-likeness (QED) is 0.753. The van der Waals surface area contributed by atoms with Gasteiger partial charge in [-0.2, -0.15) is 0 Å². The molecule has 2 aromatic rings. The van der Waals surface area contributed by atoms with Crippen LogP contribution in [-0.4, -0.2) is 48.9 Å². The fourth-order valence-electron chi connectivity index (χ4n) is 3.83. The molecule has 1 heterocycles. The molecule has 0 spiro atoms. The number of piperazine rings is 1. The molecular formula is C24H30ClN3O2. The van der Waals surface area contributed by atoms with Gasteiger partial charge in [0.05, 0.1) is 0 Å². The van der Waals surface area contributed by atoms with E-state index in [0.717, 1.165) is 24.3 Å². The first-order valence-electron chi connectivity index (χ1n) is 10.5. The van der Waals surface area contributed by atoms with E-state index < -0.39 is 6.04 Å². The lowest BCUT2D eigenvalue weighted by Crippen LogP contribution is -2.55. The maximum absolute atomic E-state index is 13.3. The van der Waals surface area contributed by atoms with Crippen LogP contribution >= 0.6 is 11.6 Å². The predicted molar refractivity (Wildman–Crippen MR) is 122 cm³/mol. The second-order valence-electron chi connectivity index (χ2n) is 8.26. The summed E-state index contributed by atoms with van der Waals surface area (Å²) >= 11 is 6.11. The van der Waals surface area contributed by atoms with Crippen molar-refractivity contribution in [3.8, 4) is 0 Å². The van der Waals surface area contributed by atoms with Crippen LogP contribution in [0, 0.1) is 12.8 Å². The minimum Gasteiger partial charge on any atom is -0.368 e. The fraction of sp³-hybridized carbons (Fsp3) is 0.417. The number of benzene rings is 2. The van der Waals surface area contributed by atoms with Crippen LogP contribution in [0.15, 0.2) is 48.5 Å². The number of aryl methyl sites for hydroxylation is 1. The molecule has 2 aromatic carbocycles. The number of amides is 2. The average molecular weight is 428 g/mol. The van der Waals surface area contributed by atoms with Crippen LogP contribution in [0.1, 0.15) is 36.2 Å². The topological polar surface area (TPSA) is 52.7 Å². The first-order chi connectivity index (χ1) is 14.3. The Bertz CT molecular complexity index is 892. The van der Waals surface area contributed by atoms with Crippen molar-refractivity contribution in [1.29, 1.82) is 0 Å². The number of anilines is 1. The van der Waals surface area contributed by atoms with Gasteiger partial charge in [-0.15, -0.1) is 0 Å². The molecule has 0 aliphatic carbocycles. The van der Waals surface area contributed by atoms with Gasteiger partial charge in [-0.1, -0.05) is 49.7 Å². The Hall–Kier alpha value is -2.53. The number of carbonyl (C=O) groups is 2. The molecule has 1 fully saturated rings. The summed E-state index contributed by atoms with van der Waals surface area (Å²) in [6.07, 6.45) is 0.616. The lowest BCUT2D eigenvalue weighted by molar-refractivity contribution is -0.134. The highest BCUT2D eigenvalue weighted by Gasteiger charge is 2.29. The minimum atomic E-state index is -0.519. The number of nitrogens with one attached hydrogen (secondary N) is 1. The lowest BCUT2D eigenvalue weighted by Gasteiger charge is -2.38. The maximum Gasteiger partial charge on any atom is 0.252 e. The van der Waals surface area contributed by atoms with Gasteiger partial charge >= 0.3 is 0 Å². The second kappa shape index (κ2) is 9.98. The van der Waals surface area contributed by atoms with E-state index in [2.05, 4.69) is 24.1 Å². The number of hydrogen-bond donors (Lipinski definition) is 1. The first kappa shape index (κ1) is 22.2. The Morgan fingerprint density at radius 3 is 2.37 bits per heavy atom. The molecule has 30 heavy (non-hydrogen) atoms. The van der Waals surface area contributed by atoms with Crippen molar-refractivity contribution < 1.29 is 9.59 Å². The van der Waals surface area contributed by atoms with E-state index in [-0.39, 0.29) is 11.8 Å². The Morgan fingerprint density at radius 1 is 1.03 bits per heavy atom. The van der Waals surface area contributed by atoms with Crippen molar-refractivity contribution in [3.05, 3.63) is 64.7 Å². The number of carbonyl (C=O) groups excluding carboxylic acids is 2. The monoisotopic (exact) mass is 427 g/mol. The van der Waals surface area contributed by atoms with Crippen LogP contribution in [0.3, 0.4) is 0 Å². The Labute approximate surface area is 184 Å². The summed E-state index contributed by atoms with van der Waals surface area (Å²) in [6.45, 7) is 8.77. The summed E-state index contributed by atoms with van der Waals surface area (Å²) in [5, 5.41) is 3.70. The SMILES string of the molecule is Cc1ccccc1C(=O)NC(CC(C)C)C(=O)N1CCN(c2cccc(Cl)c2)CC1. The fourth-order valence-corrected chi connectivity index (χ4v) is 4.02. The molecule has 160 valence electrons. The number of rotatable bonds is 6. The summed E-state index contributed by atoms with van der Waals surface area (Å²) in [7, 11) is 0. The molecular weight excluding hydrogens is 398 g/mol. The van der Waals surface area contributed by atoms with Gasteiger partial charge in [0.15, 0.2) is 0 Å². The molecule has 1 aliphatic rings. The maximum atomic E-state index is 13.3. The van der Waals surface area contributed by atoms with Crippen molar-refractivity contribution in [2.45, 2.75) is 33.2 Å². The molecule has 1 aliphatic heterocycles. The highest BCUT2D eigenvalue weighted by Crippen LogP contribution is 2.21. The molecule has 1 saturated heterocycles. The van der Waals surface area contributed by atoms with Gasteiger partial charge in [-0.25, -0.2) is 0 Å². The zero-order chi connectivity index (χ0) is 21.7. The highest BCUT2D eigenvalue weighted by molar-refractivity contribution is 6.30. The molecule has 0 radical (unpaired) electrons. The molecule has 0 bridgehead atoms. The van der Waals surface area contributed by atoms with E-state index in [1.54, 1.807) is 6.07 Å². The summed E-state index contributed by atoms with van der Waals surface area (Å²) in [4.78, 5) is 30.2. The van der Waals surface area contributed by atoms with Crippen LogP contribution in [0.4, 0.5) is 5.69 Å². The van der Waals surface area contributed by atoms with Gasteiger partial charge in [-0.05, 0) is 49.1 Å². The van der Waals surface area contributed by atoms with Crippen LogP contribution in [0.25, 0.3) is 0 Å². The summed E-state index contributed by atoms with van der Waals surface area (Å²) < 4.78 is 0. The van der Waals surface area contributed by atoms with E-state index in [1.807, 2.05) is 54.3 Å². The van der Waals surface area contributed by atoms with Crippen molar-refractivity contribution in [2.24, 2.45) is 5.92 Å². The highest BCUT2D eigenvalue weighted by atomic mass is 35.5. The van der Waals surface area contributed by atoms with Crippen LogP contribution in [0.2, 0.25) is 5.02 Å². The van der Waals surface area contributed by atoms with Crippen LogP contribution < -0.4 is 10.2 Å². The third kappa shape index (κ3) is 5.54. The first-order valence-corrected chi connectivity index (χ1v) is 10.9. The standard InChI is InChI=1S/C24H30ClN3O2/c1-17(2)15-22(26-23(29)21-10-5-4-7-18(21)3)24(30)28-13-11-27(12-14-28)20-9-6-8-19(25)16-20/h4-10,16-17,22H,11-15H2,1-3H3,(H,26,29). The van der Waals surface area contributed by atoms with E-state index in [9.17, 15) is 9.59 Å². The summed E-state index contributed by atoms with van der Waals surface area (Å²) in [6, 6.07) is 14.7. The van der Waals surface area contributed by atoms with Crippen LogP contribution in [0.5, 0.6) is 0 Å². The molecule has 1 atom stereocenters. The van der Waals surface area contributed by atoms with Gasteiger partial charge < -0.3 is 15.1 Å². The van der Waals surface area contributed by atoms with Gasteiger partial charge in [0.2, 0.25) is 5.91 Å². The smallest absolute Gasteiger partial charge is 0.252 e. The molecule has 3 rings (SSSR count). The summed E-state index contributed by atoms with van der Waals surface area (Å²) in [5.41, 5.74) is 2.59. The van der Waals surface area contributed by atoms with Crippen LogP contribution in [-0.2, 0) is 4.79 Å². The zero-order valence-corrected chi connectivity index (χ0v) is 18.7. The third-order valence-corrected chi connectivity index (χ3v) is 5.70. The second-order valence-corrected chi connectivity index (χ2v) is 8.70. The largest absolute Gasteiger partial charge is 0.368 e. The molecule has 0 saturated carbocycles. The number of hydrogen-bond acceptors (Lipinski definition) is 3. The van der Waals surface area contributed by atoms with Crippen molar-refractivity contribution in [1.82, 2.24) is 10.2 Å². The molecule has 1 N–H and O–H groups in total. The normalized spacial score (nSPS) is 15.2. The average Bonchev–Trinajstić information content (AvgIpc) is 2.73. The Balaban J connectivity index is 1.65.